The molecule has 0 aliphatic heterocycles. The van der Waals surface area contributed by atoms with E-state index in [1.54, 1.807) is 42.5 Å². The van der Waals surface area contributed by atoms with Gasteiger partial charge in [0, 0.05) is 11.6 Å². The summed E-state index contributed by atoms with van der Waals surface area (Å²) in [5, 5.41) is 0.385. The number of ketones is 1. The van der Waals surface area contributed by atoms with Crippen LogP contribution in [-0.2, 0) is 4.79 Å². The topological polar surface area (TPSA) is 61.8 Å². The first-order valence-electron chi connectivity index (χ1n) is 8.35. The Hall–Kier alpha value is -2.79. The van der Waals surface area contributed by atoms with Crippen LogP contribution in [0.15, 0.2) is 42.5 Å². The first-order valence-corrected chi connectivity index (χ1v) is 8.73. The molecule has 0 radical (unpaired) electrons. The van der Waals surface area contributed by atoms with Crippen molar-refractivity contribution < 1.29 is 23.8 Å². The minimum atomic E-state index is -0.553. The van der Waals surface area contributed by atoms with E-state index in [4.69, 9.17) is 25.8 Å². The summed E-state index contributed by atoms with van der Waals surface area (Å²) in [6.45, 7) is 5.26. The Balaban J connectivity index is 2.11. The lowest BCUT2D eigenvalue weighted by atomic mass is 10.1. The maximum atomic E-state index is 12.0. The van der Waals surface area contributed by atoms with E-state index in [0.29, 0.717) is 33.4 Å². The van der Waals surface area contributed by atoms with E-state index >= 15 is 0 Å². The lowest BCUT2D eigenvalue weighted by molar-refractivity contribution is -0.128. The molecule has 2 rings (SSSR count). The molecule has 2 aromatic carbocycles. The van der Waals surface area contributed by atoms with Crippen LogP contribution in [0.2, 0.25) is 5.02 Å². The molecule has 0 bridgehead atoms. The van der Waals surface area contributed by atoms with Crippen LogP contribution in [-0.4, -0.2) is 25.0 Å². The predicted molar refractivity (Wildman–Crippen MR) is 105 cm³/mol. The molecule has 0 unspecified atom stereocenters. The zero-order valence-electron chi connectivity index (χ0n) is 15.6. The summed E-state index contributed by atoms with van der Waals surface area (Å²) < 4.78 is 16.2. The molecule has 0 saturated heterocycles. The van der Waals surface area contributed by atoms with Crippen molar-refractivity contribution in [3.8, 4) is 17.2 Å². The molecule has 0 atom stereocenters. The van der Waals surface area contributed by atoms with Gasteiger partial charge < -0.3 is 14.2 Å². The van der Waals surface area contributed by atoms with Gasteiger partial charge in [-0.1, -0.05) is 11.6 Å². The molecule has 5 nitrogen and oxygen atoms in total. The zero-order chi connectivity index (χ0) is 20.0. The molecule has 0 N–H and O–H groups in total. The Labute approximate surface area is 163 Å². The predicted octanol–water partition coefficient (Wildman–Crippen LogP) is 4.96. The second-order valence-corrected chi connectivity index (χ2v) is 6.44. The van der Waals surface area contributed by atoms with Crippen molar-refractivity contribution >= 4 is 29.4 Å². The molecule has 6 heteroatoms. The van der Waals surface area contributed by atoms with Crippen LogP contribution in [0.25, 0.3) is 6.08 Å². The summed E-state index contributed by atoms with van der Waals surface area (Å²) in [7, 11) is 1.52. The quantitative estimate of drug-likeness (QED) is 0.290. The Morgan fingerprint density at radius 2 is 1.78 bits per heavy atom. The molecular weight excluding hydrogens is 368 g/mol. The summed E-state index contributed by atoms with van der Waals surface area (Å²) in [6.07, 6.45) is 2.80. The molecule has 0 saturated carbocycles. The number of methoxy groups -OCH3 is 1. The maximum absolute atomic E-state index is 12.0. The Morgan fingerprint density at radius 3 is 2.33 bits per heavy atom. The number of carbonyl (C=O) groups excluding carboxylic acids is 2. The number of benzene rings is 2. The van der Waals surface area contributed by atoms with Gasteiger partial charge in [-0.2, -0.15) is 0 Å². The highest BCUT2D eigenvalue weighted by Crippen LogP contribution is 2.37. The van der Waals surface area contributed by atoms with E-state index < -0.39 is 5.97 Å². The second kappa shape index (κ2) is 9.24. The van der Waals surface area contributed by atoms with Gasteiger partial charge in [-0.15, -0.1) is 0 Å². The van der Waals surface area contributed by atoms with Crippen molar-refractivity contribution in [1.82, 2.24) is 0 Å². The van der Waals surface area contributed by atoms with E-state index in [9.17, 15) is 9.59 Å². The largest absolute Gasteiger partial charge is 0.493 e. The smallest absolute Gasteiger partial charge is 0.336 e. The van der Waals surface area contributed by atoms with Crippen LogP contribution >= 0.6 is 11.6 Å². The van der Waals surface area contributed by atoms with Crippen molar-refractivity contribution in [2.45, 2.75) is 26.9 Å². The van der Waals surface area contributed by atoms with Crippen molar-refractivity contribution in [1.29, 1.82) is 0 Å². The third-order valence-corrected chi connectivity index (χ3v) is 3.78. The fourth-order valence-electron chi connectivity index (χ4n) is 2.26. The Bertz CT molecular complexity index is 854. The minimum absolute atomic E-state index is 0.0523. The fourth-order valence-corrected chi connectivity index (χ4v) is 2.52. The molecule has 0 aromatic heterocycles. The van der Waals surface area contributed by atoms with Crippen molar-refractivity contribution in [3.63, 3.8) is 0 Å². The average molecular weight is 389 g/mol. The Kier molecular flexibility index (Phi) is 7.02. The van der Waals surface area contributed by atoms with Gasteiger partial charge in [0.05, 0.1) is 18.2 Å². The number of hydrogen-bond donors (Lipinski definition) is 0. The number of carbonyl (C=O) groups is 2. The molecule has 0 fully saturated rings. The molecule has 27 heavy (non-hydrogen) atoms. The van der Waals surface area contributed by atoms with E-state index in [1.165, 1.54) is 20.1 Å². The van der Waals surface area contributed by atoms with Gasteiger partial charge in [0.1, 0.15) is 5.75 Å². The highest BCUT2D eigenvalue weighted by atomic mass is 35.5. The third-order valence-electron chi connectivity index (χ3n) is 3.50. The number of ether oxygens (including phenoxy) is 3. The van der Waals surface area contributed by atoms with Crippen molar-refractivity contribution in [3.05, 3.63) is 58.6 Å². The Morgan fingerprint density at radius 1 is 1.11 bits per heavy atom. The van der Waals surface area contributed by atoms with Gasteiger partial charge in [0.25, 0.3) is 0 Å². The van der Waals surface area contributed by atoms with Gasteiger partial charge >= 0.3 is 5.97 Å². The number of esters is 1. The average Bonchev–Trinajstić information content (AvgIpc) is 2.62. The summed E-state index contributed by atoms with van der Waals surface area (Å²) in [4.78, 5) is 23.2. The summed E-state index contributed by atoms with van der Waals surface area (Å²) in [5.41, 5.74) is 1.22. The monoisotopic (exact) mass is 388 g/mol. The van der Waals surface area contributed by atoms with Crippen LogP contribution in [0.3, 0.4) is 0 Å². The molecule has 0 heterocycles. The molecular formula is C21H21ClO5. The molecule has 142 valence electrons. The molecule has 2 aromatic rings. The number of rotatable bonds is 7. The third kappa shape index (κ3) is 5.86. The van der Waals surface area contributed by atoms with Crippen LogP contribution in [0.1, 0.15) is 36.7 Å². The second-order valence-electron chi connectivity index (χ2n) is 6.04. The summed E-state index contributed by atoms with van der Waals surface area (Å²) in [5.74, 6) is 0.682. The molecule has 0 aliphatic rings. The van der Waals surface area contributed by atoms with E-state index in [2.05, 4.69) is 0 Å². The van der Waals surface area contributed by atoms with E-state index in [-0.39, 0.29) is 11.9 Å². The lowest BCUT2D eigenvalue weighted by Crippen LogP contribution is -2.07. The van der Waals surface area contributed by atoms with Crippen LogP contribution in [0.4, 0.5) is 0 Å². The highest BCUT2D eigenvalue weighted by molar-refractivity contribution is 6.32. The zero-order valence-corrected chi connectivity index (χ0v) is 16.4. The maximum Gasteiger partial charge on any atom is 0.336 e. The molecule has 0 amide bonds. The fraction of sp³-hybridized carbons (Fsp3) is 0.238. The first kappa shape index (κ1) is 20.5. The van der Waals surface area contributed by atoms with E-state index in [0.717, 1.165) is 0 Å². The number of Topliss-reactive ketones (excluding diaryl/α,β-unsaturated/α-hetero) is 1. The van der Waals surface area contributed by atoms with Gasteiger partial charge in [-0.3, -0.25) is 4.79 Å². The standard InChI is InChI=1S/C21H21ClO5/c1-13(2)26-21-18(22)11-15(12-19(21)25-4)5-10-20(24)27-17-8-6-16(7-9-17)14(3)23/h5-13H,1-4H3/b10-5+. The van der Waals surface area contributed by atoms with E-state index in [1.807, 2.05) is 13.8 Å². The van der Waals surface area contributed by atoms with Gasteiger partial charge in [0.2, 0.25) is 0 Å². The summed E-state index contributed by atoms with van der Waals surface area (Å²) >= 11 is 6.26. The lowest BCUT2D eigenvalue weighted by Gasteiger charge is -2.15. The SMILES string of the molecule is COc1cc(/C=C/C(=O)Oc2ccc(C(C)=O)cc2)cc(Cl)c1OC(C)C. The van der Waals surface area contributed by atoms with Gasteiger partial charge in [-0.25, -0.2) is 4.79 Å². The van der Waals surface area contributed by atoms with Crippen LogP contribution in [0.5, 0.6) is 17.2 Å². The van der Waals surface area contributed by atoms with Crippen molar-refractivity contribution in [2.75, 3.05) is 7.11 Å². The van der Waals surface area contributed by atoms with Crippen molar-refractivity contribution in [2.24, 2.45) is 0 Å². The number of halogens is 1. The summed E-state index contributed by atoms with van der Waals surface area (Å²) in [6, 6.07) is 9.74. The molecule has 0 spiro atoms. The van der Waals surface area contributed by atoms with Gasteiger partial charge in [0.15, 0.2) is 17.3 Å². The van der Waals surface area contributed by atoms with Gasteiger partial charge in [-0.05, 0) is 68.8 Å². The van der Waals surface area contributed by atoms with Crippen LogP contribution < -0.4 is 14.2 Å². The van der Waals surface area contributed by atoms with Crippen LogP contribution in [0, 0.1) is 0 Å². The normalized spacial score (nSPS) is 10.9. The molecule has 0 aliphatic carbocycles. The number of hydrogen-bond acceptors (Lipinski definition) is 5. The minimum Gasteiger partial charge on any atom is -0.493 e. The first-order chi connectivity index (χ1) is 12.8. The highest BCUT2D eigenvalue weighted by Gasteiger charge is 2.13.